The summed E-state index contributed by atoms with van der Waals surface area (Å²) in [6.45, 7) is 5.71. The van der Waals surface area contributed by atoms with E-state index in [0.717, 1.165) is 18.6 Å². The van der Waals surface area contributed by atoms with Crippen LogP contribution in [0.3, 0.4) is 0 Å². The van der Waals surface area contributed by atoms with Crippen LogP contribution in [0, 0.1) is 0 Å². The summed E-state index contributed by atoms with van der Waals surface area (Å²) >= 11 is 1.53. The van der Waals surface area contributed by atoms with E-state index in [2.05, 4.69) is 49.5 Å². The molecule has 1 rings (SSSR count). The monoisotopic (exact) mass is 433 g/mol. The van der Waals surface area contributed by atoms with Gasteiger partial charge in [0, 0.05) is 18.4 Å². The third-order valence-corrected chi connectivity index (χ3v) is 6.13. The molecule has 0 unspecified atom stereocenters. The number of unbranched alkanes of at least 4 members (excludes halogenated alkanes) is 5. The largest absolute Gasteiger partial charge is 0.480 e. The Morgan fingerprint density at radius 1 is 1.00 bits per heavy atom. The molecule has 0 fully saturated rings. The fourth-order valence-corrected chi connectivity index (χ4v) is 4.23. The van der Waals surface area contributed by atoms with Crippen LogP contribution in [0.2, 0.25) is 0 Å². The number of nitrogens with one attached hydrogen (secondary N) is 1. The van der Waals surface area contributed by atoms with E-state index in [1.807, 2.05) is 0 Å². The molecule has 1 aromatic carbocycles. The number of hydrogen-bond acceptors (Lipinski definition) is 3. The first-order chi connectivity index (χ1) is 14.4. The SMILES string of the molecule is CCCCCCCCc1ccc(CC/C(C)=C/CSC[C@H](NC(C)=O)C(=O)O)cc1. The predicted octanol–water partition coefficient (Wildman–Crippen LogP) is 5.79. The zero-order valence-electron chi connectivity index (χ0n) is 18.9. The van der Waals surface area contributed by atoms with Crippen molar-refractivity contribution in [2.45, 2.75) is 84.6 Å². The van der Waals surface area contributed by atoms with E-state index in [-0.39, 0.29) is 5.91 Å². The van der Waals surface area contributed by atoms with Crippen LogP contribution in [0.25, 0.3) is 0 Å². The molecule has 0 saturated heterocycles. The number of amides is 1. The van der Waals surface area contributed by atoms with Gasteiger partial charge in [-0.3, -0.25) is 4.79 Å². The fraction of sp³-hybridized carbons (Fsp3) is 0.600. The van der Waals surface area contributed by atoms with Crippen molar-refractivity contribution in [1.29, 1.82) is 0 Å². The molecule has 30 heavy (non-hydrogen) atoms. The van der Waals surface area contributed by atoms with Crippen LogP contribution < -0.4 is 5.32 Å². The molecular weight excluding hydrogens is 394 g/mol. The van der Waals surface area contributed by atoms with E-state index in [1.54, 1.807) is 0 Å². The van der Waals surface area contributed by atoms with Gasteiger partial charge in [0.05, 0.1) is 0 Å². The Balaban J connectivity index is 2.26. The van der Waals surface area contributed by atoms with Gasteiger partial charge in [-0.15, -0.1) is 0 Å². The van der Waals surface area contributed by atoms with Crippen molar-refractivity contribution in [3.63, 3.8) is 0 Å². The van der Waals surface area contributed by atoms with E-state index in [9.17, 15) is 9.59 Å². The average molecular weight is 434 g/mol. The summed E-state index contributed by atoms with van der Waals surface area (Å²) < 4.78 is 0. The summed E-state index contributed by atoms with van der Waals surface area (Å²) in [5.41, 5.74) is 4.11. The molecule has 1 aromatic rings. The van der Waals surface area contributed by atoms with Crippen molar-refractivity contribution in [3.8, 4) is 0 Å². The van der Waals surface area contributed by atoms with Crippen molar-refractivity contribution in [3.05, 3.63) is 47.0 Å². The Labute approximate surface area is 186 Å². The summed E-state index contributed by atoms with van der Waals surface area (Å²) in [5, 5.41) is 11.6. The molecule has 4 nitrogen and oxygen atoms in total. The van der Waals surface area contributed by atoms with Crippen LogP contribution in [0.5, 0.6) is 0 Å². The maximum Gasteiger partial charge on any atom is 0.327 e. The molecule has 0 saturated carbocycles. The summed E-state index contributed by atoms with van der Waals surface area (Å²) in [6.07, 6.45) is 13.4. The van der Waals surface area contributed by atoms with Crippen molar-refractivity contribution in [2.24, 2.45) is 0 Å². The highest BCUT2D eigenvalue weighted by atomic mass is 32.2. The minimum atomic E-state index is -0.988. The van der Waals surface area contributed by atoms with Crippen molar-refractivity contribution in [1.82, 2.24) is 5.32 Å². The van der Waals surface area contributed by atoms with Gasteiger partial charge in [0.1, 0.15) is 6.04 Å². The highest BCUT2D eigenvalue weighted by Gasteiger charge is 2.17. The van der Waals surface area contributed by atoms with Gasteiger partial charge in [0.15, 0.2) is 0 Å². The molecule has 2 N–H and O–H groups in total. The first-order valence-corrected chi connectivity index (χ1v) is 12.4. The lowest BCUT2D eigenvalue weighted by Gasteiger charge is -2.12. The topological polar surface area (TPSA) is 66.4 Å². The summed E-state index contributed by atoms with van der Waals surface area (Å²) in [7, 11) is 0. The van der Waals surface area contributed by atoms with Gasteiger partial charge in [-0.05, 0) is 43.7 Å². The van der Waals surface area contributed by atoms with Crippen LogP contribution in [0.15, 0.2) is 35.9 Å². The molecule has 0 spiro atoms. The number of allylic oxidation sites excluding steroid dienone is 1. The minimum absolute atomic E-state index is 0.312. The van der Waals surface area contributed by atoms with Crippen molar-refractivity contribution < 1.29 is 14.7 Å². The number of benzene rings is 1. The lowest BCUT2D eigenvalue weighted by molar-refractivity contribution is -0.140. The number of carbonyl (C=O) groups excluding carboxylic acids is 1. The Kier molecular flexibility index (Phi) is 14.0. The van der Waals surface area contributed by atoms with E-state index < -0.39 is 12.0 Å². The number of thioether (sulfide) groups is 1. The molecule has 1 atom stereocenters. The van der Waals surface area contributed by atoms with Crippen LogP contribution >= 0.6 is 11.8 Å². The minimum Gasteiger partial charge on any atom is -0.480 e. The number of hydrogen-bond donors (Lipinski definition) is 2. The van der Waals surface area contributed by atoms with E-state index in [4.69, 9.17) is 5.11 Å². The number of carboxylic acid groups (broad SMARTS) is 1. The predicted molar refractivity (Wildman–Crippen MR) is 128 cm³/mol. The number of carboxylic acids is 1. The molecule has 0 radical (unpaired) electrons. The highest BCUT2D eigenvalue weighted by molar-refractivity contribution is 7.99. The Morgan fingerprint density at radius 3 is 2.20 bits per heavy atom. The molecule has 0 aliphatic carbocycles. The Hall–Kier alpha value is -1.75. The molecule has 0 aromatic heterocycles. The van der Waals surface area contributed by atoms with E-state index >= 15 is 0 Å². The second kappa shape index (κ2) is 16.0. The zero-order chi connectivity index (χ0) is 22.2. The molecular formula is C25H39NO3S. The van der Waals surface area contributed by atoms with Crippen LogP contribution in [0.1, 0.15) is 76.8 Å². The highest BCUT2D eigenvalue weighted by Crippen LogP contribution is 2.14. The van der Waals surface area contributed by atoms with Gasteiger partial charge in [-0.25, -0.2) is 4.79 Å². The maximum atomic E-state index is 11.1. The second-order valence-corrected chi connectivity index (χ2v) is 9.09. The van der Waals surface area contributed by atoms with Gasteiger partial charge in [0.2, 0.25) is 5.91 Å². The maximum absolute atomic E-state index is 11.1. The third-order valence-electron chi connectivity index (χ3n) is 5.16. The normalized spacial score (nSPS) is 12.6. The number of aryl methyl sites for hydroxylation is 2. The summed E-state index contributed by atoms with van der Waals surface area (Å²) in [4.78, 5) is 22.2. The second-order valence-electron chi connectivity index (χ2n) is 8.01. The lowest BCUT2D eigenvalue weighted by atomic mass is 10.0. The van der Waals surface area contributed by atoms with Crippen molar-refractivity contribution in [2.75, 3.05) is 11.5 Å². The molecule has 5 heteroatoms. The number of aliphatic carboxylic acids is 1. The first-order valence-electron chi connectivity index (χ1n) is 11.2. The first kappa shape index (κ1) is 26.3. The summed E-state index contributed by atoms with van der Waals surface area (Å²) in [5.74, 6) is -0.170. The van der Waals surface area contributed by atoms with Crippen LogP contribution in [-0.4, -0.2) is 34.5 Å². The Morgan fingerprint density at radius 2 is 1.60 bits per heavy atom. The number of carbonyl (C=O) groups is 2. The average Bonchev–Trinajstić information content (AvgIpc) is 2.71. The van der Waals surface area contributed by atoms with Gasteiger partial charge in [0.25, 0.3) is 0 Å². The van der Waals surface area contributed by atoms with Crippen molar-refractivity contribution >= 4 is 23.6 Å². The molecule has 0 heterocycles. The quantitative estimate of drug-likeness (QED) is 0.256. The van der Waals surface area contributed by atoms with Gasteiger partial charge in [-0.2, -0.15) is 11.8 Å². The van der Waals surface area contributed by atoms with E-state index in [0.29, 0.717) is 5.75 Å². The Bertz CT molecular complexity index is 655. The summed E-state index contributed by atoms with van der Waals surface area (Å²) in [6, 6.07) is 8.21. The van der Waals surface area contributed by atoms with Gasteiger partial charge < -0.3 is 10.4 Å². The molecule has 168 valence electrons. The van der Waals surface area contributed by atoms with E-state index in [1.165, 1.54) is 80.3 Å². The molecule has 1 amide bonds. The van der Waals surface area contributed by atoms with Crippen LogP contribution in [-0.2, 0) is 22.4 Å². The number of rotatable bonds is 16. The van der Waals surface area contributed by atoms with Gasteiger partial charge >= 0.3 is 5.97 Å². The third kappa shape index (κ3) is 12.7. The smallest absolute Gasteiger partial charge is 0.327 e. The zero-order valence-corrected chi connectivity index (χ0v) is 19.7. The molecule has 0 bridgehead atoms. The molecule has 0 aliphatic rings. The molecule has 0 aliphatic heterocycles. The fourth-order valence-electron chi connectivity index (χ4n) is 3.23. The lowest BCUT2D eigenvalue weighted by Crippen LogP contribution is -2.41. The van der Waals surface area contributed by atoms with Crippen LogP contribution in [0.4, 0.5) is 0 Å². The van der Waals surface area contributed by atoms with Gasteiger partial charge in [-0.1, -0.05) is 74.9 Å². The standard InChI is InChI=1S/C25H39NO3S/c1-4-5-6-7-8-9-10-22-13-15-23(16-14-22)12-11-20(2)17-18-30-19-24(25(28)29)26-21(3)27/h13-17,24H,4-12,18-19H2,1-3H3,(H,26,27)(H,28,29)/b20-17+/t24-/m0/s1.